The number of pyridine rings is 1. The second-order valence-corrected chi connectivity index (χ2v) is 4.81. The molecule has 1 heterocycles. The molecule has 0 bridgehead atoms. The summed E-state index contributed by atoms with van der Waals surface area (Å²) in [6, 6.07) is 9.57. The molecule has 0 radical (unpaired) electrons. The van der Waals surface area contributed by atoms with E-state index >= 15 is 0 Å². The van der Waals surface area contributed by atoms with E-state index in [4.69, 9.17) is 5.11 Å². The Morgan fingerprint density at radius 3 is 2.67 bits per heavy atom. The Balaban J connectivity index is 2.30. The number of aryl methyl sites for hydroxylation is 1. The number of halogens is 1. The Kier molecular flexibility index (Phi) is 4.52. The van der Waals surface area contributed by atoms with Crippen LogP contribution >= 0.6 is 0 Å². The van der Waals surface area contributed by atoms with Crippen LogP contribution in [0.2, 0.25) is 0 Å². The molecule has 0 fully saturated rings. The van der Waals surface area contributed by atoms with Crippen molar-refractivity contribution in [2.24, 2.45) is 0 Å². The summed E-state index contributed by atoms with van der Waals surface area (Å²) in [7, 11) is 1.76. The first-order chi connectivity index (χ1) is 10.0. The maximum Gasteiger partial charge on any atom is 0.335 e. The van der Waals surface area contributed by atoms with E-state index < -0.39 is 5.97 Å². The molecule has 1 aromatic heterocycles. The molecule has 0 saturated heterocycles. The van der Waals surface area contributed by atoms with Crippen LogP contribution < -0.4 is 4.90 Å². The van der Waals surface area contributed by atoms with Gasteiger partial charge in [0, 0.05) is 24.8 Å². The van der Waals surface area contributed by atoms with Gasteiger partial charge in [0.05, 0.1) is 5.56 Å². The maximum atomic E-state index is 13.7. The minimum atomic E-state index is -0.993. The predicted octanol–water partition coefficient (Wildman–Crippen LogP) is 3.12. The molecule has 0 spiro atoms. The fraction of sp³-hybridized carbons (Fsp3) is 0.250. The average molecular weight is 288 g/mol. The number of aromatic nitrogens is 1. The summed E-state index contributed by atoms with van der Waals surface area (Å²) in [5, 5.41) is 9.14. The summed E-state index contributed by atoms with van der Waals surface area (Å²) >= 11 is 0. The Hall–Kier alpha value is -2.43. The number of carbonyl (C=O) groups is 1. The van der Waals surface area contributed by atoms with Crippen LogP contribution in [0.15, 0.2) is 36.4 Å². The smallest absolute Gasteiger partial charge is 0.335 e. The minimum absolute atomic E-state index is 0.192. The van der Waals surface area contributed by atoms with E-state index in [2.05, 4.69) is 4.98 Å². The molecule has 0 aliphatic rings. The highest BCUT2D eigenvalue weighted by Crippen LogP contribution is 2.18. The molecule has 0 unspecified atom stereocenters. The van der Waals surface area contributed by atoms with E-state index in [9.17, 15) is 9.18 Å². The third-order valence-electron chi connectivity index (χ3n) is 3.23. The fourth-order valence-electron chi connectivity index (χ4n) is 2.04. The molecule has 0 atom stereocenters. The Morgan fingerprint density at radius 1 is 1.33 bits per heavy atom. The van der Waals surface area contributed by atoms with E-state index in [1.54, 1.807) is 36.2 Å². The van der Waals surface area contributed by atoms with Crippen molar-refractivity contribution in [3.05, 3.63) is 59.0 Å². The normalized spacial score (nSPS) is 10.4. The van der Waals surface area contributed by atoms with Crippen LogP contribution in [0, 0.1) is 5.82 Å². The summed E-state index contributed by atoms with van der Waals surface area (Å²) in [5.41, 5.74) is 1.43. The lowest BCUT2D eigenvalue weighted by atomic mass is 10.1. The molecule has 0 amide bonds. The van der Waals surface area contributed by atoms with E-state index in [0.29, 0.717) is 30.0 Å². The van der Waals surface area contributed by atoms with Crippen molar-refractivity contribution in [3.63, 3.8) is 0 Å². The third kappa shape index (κ3) is 3.56. The van der Waals surface area contributed by atoms with Crippen molar-refractivity contribution < 1.29 is 14.3 Å². The van der Waals surface area contributed by atoms with Crippen LogP contribution in [0.5, 0.6) is 0 Å². The molecular weight excluding hydrogens is 271 g/mol. The van der Waals surface area contributed by atoms with Crippen LogP contribution in [-0.2, 0) is 13.0 Å². The standard InChI is InChI=1S/C16H17FN2O2/c1-3-13-8-12(16(20)21)9-15(18-13)19(2)10-11-6-4-5-7-14(11)17/h4-9H,3,10H2,1-2H3,(H,20,21). The lowest BCUT2D eigenvalue weighted by Crippen LogP contribution is -2.19. The van der Waals surface area contributed by atoms with Crippen molar-refractivity contribution in [2.45, 2.75) is 19.9 Å². The summed E-state index contributed by atoms with van der Waals surface area (Å²) in [6.07, 6.45) is 0.641. The van der Waals surface area contributed by atoms with Crippen LogP contribution in [-0.4, -0.2) is 23.1 Å². The minimum Gasteiger partial charge on any atom is -0.478 e. The molecular formula is C16H17FN2O2. The van der Waals surface area contributed by atoms with Gasteiger partial charge in [-0.15, -0.1) is 0 Å². The fourth-order valence-corrected chi connectivity index (χ4v) is 2.04. The molecule has 1 N–H and O–H groups in total. The van der Waals surface area contributed by atoms with Gasteiger partial charge in [-0.05, 0) is 24.6 Å². The van der Waals surface area contributed by atoms with Crippen LogP contribution in [0.25, 0.3) is 0 Å². The molecule has 0 saturated carbocycles. The van der Waals surface area contributed by atoms with Crippen LogP contribution in [0.4, 0.5) is 10.2 Å². The van der Waals surface area contributed by atoms with E-state index in [0.717, 1.165) is 0 Å². The first kappa shape index (κ1) is 15.0. The van der Waals surface area contributed by atoms with Gasteiger partial charge in [-0.1, -0.05) is 25.1 Å². The van der Waals surface area contributed by atoms with E-state index in [1.807, 2.05) is 6.92 Å². The molecule has 110 valence electrons. The number of aromatic carboxylic acids is 1. The molecule has 4 nitrogen and oxygen atoms in total. The molecule has 21 heavy (non-hydrogen) atoms. The second-order valence-electron chi connectivity index (χ2n) is 4.81. The van der Waals surface area contributed by atoms with Crippen molar-refractivity contribution in [1.29, 1.82) is 0 Å². The van der Waals surface area contributed by atoms with Gasteiger partial charge in [0.15, 0.2) is 0 Å². The van der Waals surface area contributed by atoms with Gasteiger partial charge in [-0.25, -0.2) is 14.2 Å². The zero-order chi connectivity index (χ0) is 15.4. The number of hydrogen-bond acceptors (Lipinski definition) is 3. The monoisotopic (exact) mass is 288 g/mol. The highest BCUT2D eigenvalue weighted by atomic mass is 19.1. The average Bonchev–Trinajstić information content (AvgIpc) is 2.49. The van der Waals surface area contributed by atoms with Crippen molar-refractivity contribution in [2.75, 3.05) is 11.9 Å². The summed E-state index contributed by atoms with van der Waals surface area (Å²) in [5.74, 6) is -0.753. The molecule has 0 aliphatic heterocycles. The SMILES string of the molecule is CCc1cc(C(=O)O)cc(N(C)Cc2ccccc2F)n1. The van der Waals surface area contributed by atoms with Crippen LogP contribution in [0.1, 0.15) is 28.5 Å². The van der Waals surface area contributed by atoms with E-state index in [-0.39, 0.29) is 11.4 Å². The zero-order valence-electron chi connectivity index (χ0n) is 12.0. The molecule has 2 rings (SSSR count). The van der Waals surface area contributed by atoms with Crippen molar-refractivity contribution in [1.82, 2.24) is 4.98 Å². The number of carboxylic acid groups (broad SMARTS) is 1. The Bertz CT molecular complexity index is 658. The lowest BCUT2D eigenvalue weighted by molar-refractivity contribution is 0.0696. The maximum absolute atomic E-state index is 13.7. The summed E-state index contributed by atoms with van der Waals surface area (Å²) in [6.45, 7) is 2.24. The van der Waals surface area contributed by atoms with Crippen molar-refractivity contribution >= 4 is 11.8 Å². The number of anilines is 1. The van der Waals surface area contributed by atoms with Crippen LogP contribution in [0.3, 0.4) is 0 Å². The number of benzene rings is 1. The first-order valence-corrected chi connectivity index (χ1v) is 6.70. The van der Waals surface area contributed by atoms with Gasteiger partial charge in [-0.3, -0.25) is 0 Å². The summed E-state index contributed by atoms with van der Waals surface area (Å²) in [4.78, 5) is 17.3. The quantitative estimate of drug-likeness (QED) is 0.918. The Morgan fingerprint density at radius 2 is 2.05 bits per heavy atom. The first-order valence-electron chi connectivity index (χ1n) is 6.70. The number of carboxylic acids is 1. The lowest BCUT2D eigenvalue weighted by Gasteiger charge is -2.19. The van der Waals surface area contributed by atoms with Gasteiger partial charge in [0.2, 0.25) is 0 Å². The highest BCUT2D eigenvalue weighted by Gasteiger charge is 2.12. The van der Waals surface area contributed by atoms with Gasteiger partial charge in [0.25, 0.3) is 0 Å². The molecule has 1 aromatic carbocycles. The molecule has 5 heteroatoms. The second kappa shape index (κ2) is 6.35. The third-order valence-corrected chi connectivity index (χ3v) is 3.23. The molecule has 2 aromatic rings. The van der Waals surface area contributed by atoms with Gasteiger partial charge in [-0.2, -0.15) is 0 Å². The van der Waals surface area contributed by atoms with Crippen molar-refractivity contribution in [3.8, 4) is 0 Å². The highest BCUT2D eigenvalue weighted by molar-refractivity contribution is 5.88. The van der Waals surface area contributed by atoms with Gasteiger partial charge >= 0.3 is 5.97 Å². The Labute approximate surface area is 122 Å². The predicted molar refractivity (Wildman–Crippen MR) is 79.1 cm³/mol. The number of hydrogen-bond donors (Lipinski definition) is 1. The number of nitrogens with zero attached hydrogens (tertiary/aromatic N) is 2. The zero-order valence-corrected chi connectivity index (χ0v) is 12.0. The largest absolute Gasteiger partial charge is 0.478 e. The van der Waals surface area contributed by atoms with E-state index in [1.165, 1.54) is 12.1 Å². The van der Waals surface area contributed by atoms with Gasteiger partial charge in [0.1, 0.15) is 11.6 Å². The summed E-state index contributed by atoms with van der Waals surface area (Å²) < 4.78 is 13.7. The number of rotatable bonds is 5. The molecule has 0 aliphatic carbocycles. The van der Waals surface area contributed by atoms with Gasteiger partial charge < -0.3 is 10.0 Å². The topological polar surface area (TPSA) is 53.4 Å².